The van der Waals surface area contributed by atoms with Gasteiger partial charge in [0.05, 0.1) is 10.5 Å². The molecule has 5 rings (SSSR count). The third kappa shape index (κ3) is 6.35. The Morgan fingerprint density at radius 1 is 1.12 bits per heavy atom. The molecule has 3 heterocycles. The number of halogens is 3. The normalized spacial score (nSPS) is 18.1. The fraction of sp³-hybridized carbons (Fsp3) is 0.429. The number of ether oxygens (including phenoxy) is 1. The summed E-state index contributed by atoms with van der Waals surface area (Å²) in [5, 5.41) is 6.30. The second-order valence-electron chi connectivity index (χ2n) is 10.6. The summed E-state index contributed by atoms with van der Waals surface area (Å²) in [5.74, 6) is 0.0784. The summed E-state index contributed by atoms with van der Waals surface area (Å²) >= 11 is 1.55. The van der Waals surface area contributed by atoms with Crippen LogP contribution in [0.25, 0.3) is 11.4 Å². The van der Waals surface area contributed by atoms with Crippen LogP contribution in [0.3, 0.4) is 0 Å². The van der Waals surface area contributed by atoms with Crippen molar-refractivity contribution in [1.29, 1.82) is 0 Å². The maximum atomic E-state index is 14.2. The number of nitrogens with zero attached hydrogens (tertiary/aromatic N) is 4. The monoisotopic (exact) mass is 589 g/mol. The lowest BCUT2D eigenvalue weighted by atomic mass is 10.1. The van der Waals surface area contributed by atoms with Gasteiger partial charge >= 0.3 is 12.2 Å². The van der Waals surface area contributed by atoms with Gasteiger partial charge in [0.25, 0.3) is 5.91 Å². The minimum absolute atomic E-state index is 0.0410. The smallest absolute Gasteiger partial charge is 0.420 e. The summed E-state index contributed by atoms with van der Waals surface area (Å²) in [6.07, 6.45) is -2.36. The Kier molecular flexibility index (Phi) is 8.02. The average Bonchev–Trinajstić information content (AvgIpc) is 3.66. The van der Waals surface area contributed by atoms with E-state index in [4.69, 9.17) is 9.26 Å². The van der Waals surface area contributed by atoms with Crippen LogP contribution in [0.4, 0.5) is 18.0 Å². The van der Waals surface area contributed by atoms with Crippen LogP contribution in [0, 0.1) is 0 Å². The summed E-state index contributed by atoms with van der Waals surface area (Å²) in [6.45, 7) is 7.09. The zero-order chi connectivity index (χ0) is 29.4. The van der Waals surface area contributed by atoms with Crippen LogP contribution in [-0.4, -0.2) is 62.3 Å². The predicted octanol–water partition coefficient (Wildman–Crippen LogP) is 5.95. The summed E-state index contributed by atoms with van der Waals surface area (Å²) in [4.78, 5) is 32.8. The predicted molar refractivity (Wildman–Crippen MR) is 145 cm³/mol. The molecule has 1 N–H and O–H groups in total. The van der Waals surface area contributed by atoms with Crippen LogP contribution in [0.15, 0.2) is 51.9 Å². The van der Waals surface area contributed by atoms with Gasteiger partial charge in [0.2, 0.25) is 11.7 Å². The standard InChI is InChI=1S/C28H30F3N5O4S/c1-17(35-12-6-7-13-35)16-41-22-9-5-4-8-21(22)39-20-11-10-18(14-19(20)28(29,30)31)24-32-23(40-34-24)15-36-25(37)27(2,3)33-26(36)38/h4-5,8-11,14,17H,6-7,12-13,15-16H2,1-3H3,(H,33,38). The number of benzene rings is 2. The van der Waals surface area contributed by atoms with Crippen LogP contribution in [0.5, 0.6) is 11.5 Å². The number of para-hydroxylation sites is 1. The molecule has 218 valence electrons. The summed E-state index contributed by atoms with van der Waals surface area (Å²) in [5.41, 5.74) is -2.04. The molecule has 41 heavy (non-hydrogen) atoms. The number of carbonyl (C=O) groups is 2. The van der Waals surface area contributed by atoms with E-state index in [9.17, 15) is 22.8 Å². The van der Waals surface area contributed by atoms with Crippen LogP contribution >= 0.6 is 11.8 Å². The van der Waals surface area contributed by atoms with Gasteiger partial charge in [0.15, 0.2) is 0 Å². The highest BCUT2D eigenvalue weighted by molar-refractivity contribution is 7.99. The largest absolute Gasteiger partial charge is 0.456 e. The van der Waals surface area contributed by atoms with Crippen molar-refractivity contribution in [2.24, 2.45) is 0 Å². The number of likely N-dealkylation sites (tertiary alicyclic amines) is 1. The van der Waals surface area contributed by atoms with Gasteiger partial charge in [0.1, 0.15) is 23.6 Å². The van der Waals surface area contributed by atoms with Crippen molar-refractivity contribution in [2.75, 3.05) is 18.8 Å². The van der Waals surface area contributed by atoms with E-state index >= 15 is 0 Å². The van der Waals surface area contributed by atoms with Crippen LogP contribution in [-0.2, 0) is 17.5 Å². The molecular formula is C28H30F3N5O4S. The SMILES string of the molecule is CC(CSc1ccccc1Oc1ccc(-c2noc(CN3C(=O)NC(C)(C)C3=O)n2)cc1C(F)(F)F)N1CCCC1. The minimum Gasteiger partial charge on any atom is -0.456 e. The molecule has 0 radical (unpaired) electrons. The quantitative estimate of drug-likeness (QED) is 0.241. The second-order valence-corrected chi connectivity index (χ2v) is 11.7. The number of rotatable bonds is 9. The fourth-order valence-electron chi connectivity index (χ4n) is 4.78. The lowest BCUT2D eigenvalue weighted by molar-refractivity contribution is -0.138. The number of aromatic nitrogens is 2. The Hall–Kier alpha value is -3.58. The molecule has 2 saturated heterocycles. The zero-order valence-electron chi connectivity index (χ0n) is 22.8. The maximum absolute atomic E-state index is 14.2. The van der Waals surface area contributed by atoms with Gasteiger partial charge in [-0.2, -0.15) is 18.2 Å². The highest BCUT2D eigenvalue weighted by Crippen LogP contribution is 2.42. The second kappa shape index (κ2) is 11.4. The molecule has 2 aliphatic rings. The summed E-state index contributed by atoms with van der Waals surface area (Å²) in [7, 11) is 0. The Balaban J connectivity index is 1.34. The summed E-state index contributed by atoms with van der Waals surface area (Å²) < 4.78 is 53.5. The first-order valence-corrected chi connectivity index (χ1v) is 14.2. The minimum atomic E-state index is -4.73. The zero-order valence-corrected chi connectivity index (χ0v) is 23.6. The molecule has 13 heteroatoms. The summed E-state index contributed by atoms with van der Waals surface area (Å²) in [6, 6.07) is 10.3. The number of urea groups is 1. The lowest BCUT2D eigenvalue weighted by Crippen LogP contribution is -2.40. The van der Waals surface area contributed by atoms with E-state index in [1.54, 1.807) is 37.7 Å². The third-order valence-corrected chi connectivity index (χ3v) is 8.36. The molecule has 1 aromatic heterocycles. The molecule has 3 amide bonds. The van der Waals surface area contributed by atoms with Crippen LogP contribution in [0.1, 0.15) is 45.1 Å². The van der Waals surface area contributed by atoms with Crippen molar-refractivity contribution in [3.05, 3.63) is 53.9 Å². The van der Waals surface area contributed by atoms with Crippen molar-refractivity contribution in [2.45, 2.75) is 62.8 Å². The number of hydrogen-bond donors (Lipinski definition) is 1. The Bertz CT molecular complexity index is 1440. The van der Waals surface area contributed by atoms with E-state index in [0.29, 0.717) is 11.8 Å². The molecule has 0 aliphatic carbocycles. The highest BCUT2D eigenvalue weighted by atomic mass is 32.2. The number of nitrogens with one attached hydrogen (secondary N) is 1. The van der Waals surface area contributed by atoms with Gasteiger partial charge in [-0.3, -0.25) is 14.6 Å². The fourth-order valence-corrected chi connectivity index (χ4v) is 5.84. The molecular weight excluding hydrogens is 559 g/mol. The molecule has 0 saturated carbocycles. The van der Waals surface area contributed by atoms with E-state index in [-0.39, 0.29) is 29.6 Å². The van der Waals surface area contributed by atoms with Crippen LogP contribution in [0.2, 0.25) is 0 Å². The Labute approximate surface area is 239 Å². The molecule has 2 fully saturated rings. The molecule has 1 atom stereocenters. The first-order valence-electron chi connectivity index (χ1n) is 13.2. The number of alkyl halides is 3. The van der Waals surface area contributed by atoms with Gasteiger partial charge < -0.3 is 14.6 Å². The molecule has 0 bridgehead atoms. The number of carbonyl (C=O) groups excluding carboxylic acids is 2. The van der Waals surface area contributed by atoms with E-state index in [1.165, 1.54) is 25.0 Å². The molecule has 0 spiro atoms. The molecule has 2 aliphatic heterocycles. The van der Waals surface area contributed by atoms with Crippen molar-refractivity contribution < 1.29 is 32.0 Å². The number of thioether (sulfide) groups is 1. The van der Waals surface area contributed by atoms with Gasteiger partial charge in [0, 0.05) is 17.4 Å². The Morgan fingerprint density at radius 3 is 2.54 bits per heavy atom. The van der Waals surface area contributed by atoms with Crippen LogP contribution < -0.4 is 10.1 Å². The average molecular weight is 590 g/mol. The van der Waals surface area contributed by atoms with Gasteiger partial charge in [-0.25, -0.2) is 4.79 Å². The van der Waals surface area contributed by atoms with Crippen molar-refractivity contribution in [3.63, 3.8) is 0 Å². The maximum Gasteiger partial charge on any atom is 0.420 e. The van der Waals surface area contributed by atoms with Crippen molar-refractivity contribution in [1.82, 2.24) is 25.3 Å². The Morgan fingerprint density at radius 2 is 1.85 bits per heavy atom. The first-order chi connectivity index (χ1) is 19.4. The van der Waals surface area contributed by atoms with Gasteiger partial charge in [-0.1, -0.05) is 17.3 Å². The molecule has 9 nitrogen and oxygen atoms in total. The van der Waals surface area contributed by atoms with E-state index in [2.05, 4.69) is 27.3 Å². The van der Waals surface area contributed by atoms with E-state index < -0.39 is 29.2 Å². The van der Waals surface area contributed by atoms with Gasteiger partial charge in [-0.15, -0.1) is 11.8 Å². The van der Waals surface area contributed by atoms with Gasteiger partial charge in [-0.05, 0) is 77.0 Å². The highest BCUT2D eigenvalue weighted by Gasteiger charge is 2.45. The molecule has 3 aromatic rings. The molecule has 1 unspecified atom stereocenters. The topological polar surface area (TPSA) is 101 Å². The first kappa shape index (κ1) is 28.9. The number of hydrogen-bond acceptors (Lipinski definition) is 8. The van der Waals surface area contributed by atoms with Crippen molar-refractivity contribution in [3.8, 4) is 22.9 Å². The number of amides is 3. The van der Waals surface area contributed by atoms with E-state index in [1.807, 2.05) is 12.1 Å². The third-order valence-electron chi connectivity index (χ3n) is 7.06. The van der Waals surface area contributed by atoms with Crippen molar-refractivity contribution >= 4 is 23.7 Å². The molecule has 2 aromatic carbocycles. The lowest BCUT2D eigenvalue weighted by Gasteiger charge is -2.23. The van der Waals surface area contributed by atoms with E-state index in [0.717, 1.165) is 34.7 Å². The number of imide groups is 1.